The third-order valence-electron chi connectivity index (χ3n) is 4.31. The Labute approximate surface area is 172 Å². The first-order chi connectivity index (χ1) is 14.3. The molecule has 4 rings (SSSR count). The van der Waals surface area contributed by atoms with Crippen LogP contribution >= 0.6 is 0 Å². The van der Waals surface area contributed by atoms with Crippen LogP contribution < -0.4 is 16.4 Å². The van der Waals surface area contributed by atoms with E-state index in [-0.39, 0.29) is 5.35 Å². The van der Waals surface area contributed by atoms with Crippen LogP contribution in [0.3, 0.4) is 0 Å². The van der Waals surface area contributed by atoms with Crippen molar-refractivity contribution in [2.75, 3.05) is 0 Å². The number of hydrogen-bond acceptors (Lipinski definition) is 5. The van der Waals surface area contributed by atoms with Gasteiger partial charge in [-0.3, -0.25) is 9.79 Å². The van der Waals surface area contributed by atoms with Gasteiger partial charge in [0.15, 0.2) is 0 Å². The van der Waals surface area contributed by atoms with Gasteiger partial charge in [-0.2, -0.15) is 4.57 Å². The highest BCUT2D eigenvalue weighted by Crippen LogP contribution is 2.30. The van der Waals surface area contributed by atoms with Crippen molar-refractivity contribution in [3.05, 3.63) is 75.3 Å². The first-order valence-corrected chi connectivity index (χ1v) is 9.42. The molecule has 0 atom stereocenters. The zero-order valence-corrected chi connectivity index (χ0v) is 16.8. The zero-order valence-electron chi connectivity index (χ0n) is 16.8. The minimum Gasteiger partial charge on any atom is -0.443 e. The molecule has 3 aromatic rings. The van der Waals surface area contributed by atoms with Crippen molar-refractivity contribution in [2.24, 2.45) is 4.99 Å². The minimum atomic E-state index is -0.752. The summed E-state index contributed by atoms with van der Waals surface area (Å²) in [7, 11) is 0. The molecule has 0 unspecified atom stereocenters. The summed E-state index contributed by atoms with van der Waals surface area (Å²) in [6.45, 7) is 5.24. The van der Waals surface area contributed by atoms with Crippen LogP contribution in [0.4, 0.5) is 10.5 Å². The van der Waals surface area contributed by atoms with E-state index in [0.29, 0.717) is 11.2 Å². The van der Waals surface area contributed by atoms with E-state index in [1.54, 1.807) is 51.4 Å². The van der Waals surface area contributed by atoms with Crippen LogP contribution in [-0.2, 0) is 4.74 Å². The van der Waals surface area contributed by atoms with Crippen molar-refractivity contribution in [1.29, 1.82) is 0 Å². The number of imidazole rings is 2. The van der Waals surface area contributed by atoms with E-state index in [0.717, 1.165) is 21.4 Å². The molecule has 0 fully saturated rings. The Morgan fingerprint density at radius 1 is 1.20 bits per heavy atom. The van der Waals surface area contributed by atoms with E-state index in [1.807, 2.05) is 24.3 Å². The van der Waals surface area contributed by atoms with Gasteiger partial charge in [0.2, 0.25) is 0 Å². The van der Waals surface area contributed by atoms with E-state index < -0.39 is 17.3 Å². The number of benzene rings is 1. The molecule has 3 heterocycles. The maximum Gasteiger partial charge on any atom is 0.423 e. The van der Waals surface area contributed by atoms with Crippen LogP contribution in [0, 0.1) is 0 Å². The first kappa shape index (κ1) is 19.4. The topological polar surface area (TPSA) is 105 Å². The van der Waals surface area contributed by atoms with Crippen LogP contribution in [0.5, 0.6) is 0 Å². The zero-order chi connectivity index (χ0) is 21.3. The van der Waals surface area contributed by atoms with Crippen molar-refractivity contribution in [3.8, 4) is 0 Å². The molecule has 0 bridgehead atoms. The summed E-state index contributed by atoms with van der Waals surface area (Å²) in [5.74, 6) is 0. The molecule has 1 aliphatic heterocycles. The second-order valence-corrected chi connectivity index (χ2v) is 7.76. The van der Waals surface area contributed by atoms with Gasteiger partial charge in [-0.05, 0) is 45.1 Å². The molecule has 0 amide bonds. The third kappa shape index (κ3) is 3.93. The Balaban J connectivity index is 1.85. The van der Waals surface area contributed by atoms with Crippen LogP contribution in [0.15, 0.2) is 52.7 Å². The lowest BCUT2D eigenvalue weighted by Crippen LogP contribution is -2.40. The number of nitrogens with one attached hydrogen (secondary N) is 2. The smallest absolute Gasteiger partial charge is 0.423 e. The molecule has 8 nitrogen and oxygen atoms in total. The second kappa shape index (κ2) is 7.47. The van der Waals surface area contributed by atoms with Crippen molar-refractivity contribution < 1.29 is 9.53 Å². The lowest BCUT2D eigenvalue weighted by Gasteiger charge is -2.19. The molecule has 1 aliphatic rings. The van der Waals surface area contributed by atoms with Crippen molar-refractivity contribution in [2.45, 2.75) is 26.4 Å². The Bertz CT molecular complexity index is 1330. The van der Waals surface area contributed by atoms with Crippen LogP contribution in [0.25, 0.3) is 17.7 Å². The van der Waals surface area contributed by atoms with Crippen LogP contribution in [0.2, 0.25) is 0 Å². The molecule has 0 radical (unpaired) electrons. The van der Waals surface area contributed by atoms with Gasteiger partial charge in [-0.1, -0.05) is 18.2 Å². The number of carbonyl (C=O) groups excluding carboxylic acids is 1. The van der Waals surface area contributed by atoms with Gasteiger partial charge < -0.3 is 14.7 Å². The summed E-state index contributed by atoms with van der Waals surface area (Å²) in [5, 5.41) is 0.232. The van der Waals surface area contributed by atoms with Gasteiger partial charge in [0.25, 0.3) is 5.56 Å². The van der Waals surface area contributed by atoms with Crippen molar-refractivity contribution >= 4 is 35.7 Å². The second-order valence-electron chi connectivity index (χ2n) is 7.76. The summed E-state index contributed by atoms with van der Waals surface area (Å²) in [6.07, 6.45) is 9.15. The quantitative estimate of drug-likeness (QED) is 0.683. The number of aromatic amines is 2. The van der Waals surface area contributed by atoms with Crippen molar-refractivity contribution in [1.82, 2.24) is 19.5 Å². The number of aromatic nitrogens is 4. The predicted octanol–water partition coefficient (Wildman–Crippen LogP) is 2.09. The fraction of sp³-hybridized carbons (Fsp3) is 0.182. The first-order valence-electron chi connectivity index (χ1n) is 9.42. The summed E-state index contributed by atoms with van der Waals surface area (Å²) in [5.41, 5.74) is 2.41. The Morgan fingerprint density at radius 2 is 2.00 bits per heavy atom. The standard InChI is InChI=1S/C22H21N5O3/c1-22(2,3)30-21(29)27-19(26-18(20(27)28)10-15-12-23-13-25-15)9-8-14-11-24-17-7-5-4-6-16(14)17/h4-13,26H,1-3H3,(H,23,25)/b14-8+,18-10-,19-9-. The number of aliphatic imine (C=N–C) groups is 1. The molecule has 0 spiro atoms. The molecule has 0 saturated carbocycles. The average molecular weight is 403 g/mol. The lowest BCUT2D eigenvalue weighted by atomic mass is 10.1. The van der Waals surface area contributed by atoms with E-state index in [1.165, 1.54) is 6.33 Å². The van der Waals surface area contributed by atoms with Gasteiger partial charge in [0.1, 0.15) is 16.4 Å². The van der Waals surface area contributed by atoms with E-state index >= 15 is 0 Å². The molecule has 152 valence electrons. The number of H-pyrrole nitrogens is 2. The van der Waals surface area contributed by atoms with E-state index in [9.17, 15) is 9.59 Å². The summed E-state index contributed by atoms with van der Waals surface area (Å²) in [4.78, 5) is 39.9. The summed E-state index contributed by atoms with van der Waals surface area (Å²) >= 11 is 0. The Kier molecular flexibility index (Phi) is 4.83. The van der Waals surface area contributed by atoms with Crippen LogP contribution in [0.1, 0.15) is 32.0 Å². The highest BCUT2D eigenvalue weighted by atomic mass is 16.6. The fourth-order valence-electron chi connectivity index (χ4n) is 3.02. The molecule has 0 aliphatic carbocycles. The van der Waals surface area contributed by atoms with Gasteiger partial charge in [-0.15, -0.1) is 0 Å². The Morgan fingerprint density at radius 3 is 2.73 bits per heavy atom. The molecule has 2 N–H and O–H groups in total. The van der Waals surface area contributed by atoms with Crippen molar-refractivity contribution in [3.63, 3.8) is 0 Å². The molecule has 1 aromatic carbocycles. The molecule has 0 saturated heterocycles. The molecule has 8 heteroatoms. The minimum absolute atomic E-state index is 0.232. The van der Waals surface area contributed by atoms with E-state index in [4.69, 9.17) is 4.74 Å². The molecular weight excluding hydrogens is 382 g/mol. The average Bonchev–Trinajstić information content (AvgIpc) is 3.39. The van der Waals surface area contributed by atoms with Crippen LogP contribution in [-0.4, -0.2) is 37.4 Å². The number of ether oxygens (including phenoxy) is 1. The monoisotopic (exact) mass is 403 g/mol. The number of carbonyl (C=O) groups is 1. The normalized spacial score (nSPS) is 15.8. The highest BCUT2D eigenvalue weighted by Gasteiger charge is 2.21. The van der Waals surface area contributed by atoms with E-state index in [2.05, 4.69) is 19.9 Å². The van der Waals surface area contributed by atoms with Gasteiger partial charge in [0, 0.05) is 17.4 Å². The molecule has 2 aromatic heterocycles. The molecular formula is C22H21N5O3. The Hall–Kier alpha value is -3.94. The predicted molar refractivity (Wildman–Crippen MR) is 115 cm³/mol. The SMILES string of the molecule is CC(C)(C)OC(=O)n1c(=O)/c(=C/c2cnc[nH]2)[nH]/c1=C/C=C1\C=Nc2ccccc21. The fourth-order valence-corrected chi connectivity index (χ4v) is 3.02. The van der Waals surface area contributed by atoms with Gasteiger partial charge in [-0.25, -0.2) is 9.78 Å². The van der Waals surface area contributed by atoms with Gasteiger partial charge >= 0.3 is 6.09 Å². The number of allylic oxidation sites excluding steroid dienone is 2. The summed E-state index contributed by atoms with van der Waals surface area (Å²) < 4.78 is 6.41. The maximum atomic E-state index is 12.9. The number of hydrogen-bond donors (Lipinski definition) is 2. The summed E-state index contributed by atoms with van der Waals surface area (Å²) in [6, 6.07) is 7.75. The molecule has 30 heavy (non-hydrogen) atoms. The lowest BCUT2D eigenvalue weighted by molar-refractivity contribution is 0.0526. The maximum absolute atomic E-state index is 12.9. The number of para-hydroxylation sites is 1. The number of rotatable bonds is 2. The van der Waals surface area contributed by atoms with Gasteiger partial charge in [0.05, 0.1) is 23.9 Å². The number of nitrogens with zero attached hydrogens (tertiary/aromatic N) is 3. The number of fused-ring (bicyclic) bond motifs is 1. The third-order valence-corrected chi connectivity index (χ3v) is 4.31. The highest BCUT2D eigenvalue weighted by molar-refractivity contribution is 6.17. The largest absolute Gasteiger partial charge is 0.443 e.